The molecule has 6 heteroatoms. The predicted octanol–water partition coefficient (Wildman–Crippen LogP) is 4.63. The van der Waals surface area contributed by atoms with E-state index in [-0.39, 0.29) is 5.02 Å². The number of nitrogens with two attached hydrogens (primary N) is 1. The molecule has 0 aliphatic carbocycles. The first-order chi connectivity index (χ1) is 9.04. The molecular weight excluding hydrogens is 335 g/mol. The fourth-order valence-corrected chi connectivity index (χ4v) is 2.36. The van der Waals surface area contributed by atoms with Gasteiger partial charge in [0.25, 0.3) is 0 Å². The number of rotatable bonds is 1. The van der Waals surface area contributed by atoms with Gasteiger partial charge in [-0.2, -0.15) is 0 Å². The lowest BCUT2D eigenvalue weighted by atomic mass is 10.2. The maximum atomic E-state index is 13.2. The van der Waals surface area contributed by atoms with Gasteiger partial charge in [0.1, 0.15) is 11.3 Å². The number of nitrogen functional groups attached to an aromatic ring is 1. The van der Waals surface area contributed by atoms with Crippen molar-refractivity contribution in [3.63, 3.8) is 0 Å². The molecular formula is C13H7BrClFN2O. The molecule has 0 unspecified atom stereocenters. The molecule has 0 aliphatic rings. The van der Waals surface area contributed by atoms with Crippen molar-refractivity contribution in [2.75, 3.05) is 5.73 Å². The average molecular weight is 342 g/mol. The third kappa shape index (κ3) is 2.19. The zero-order valence-corrected chi connectivity index (χ0v) is 11.8. The molecule has 0 bridgehead atoms. The lowest BCUT2D eigenvalue weighted by molar-refractivity contribution is 0.614. The Hall–Kier alpha value is -1.59. The Morgan fingerprint density at radius 3 is 2.79 bits per heavy atom. The Morgan fingerprint density at radius 1 is 1.26 bits per heavy atom. The van der Waals surface area contributed by atoms with Crippen LogP contribution in [0.3, 0.4) is 0 Å². The molecule has 0 aliphatic heterocycles. The molecule has 3 aromatic rings. The minimum absolute atomic E-state index is 0.197. The molecule has 0 atom stereocenters. The van der Waals surface area contributed by atoms with Gasteiger partial charge in [0.05, 0.1) is 5.02 Å². The number of fused-ring (bicyclic) bond motifs is 1. The van der Waals surface area contributed by atoms with E-state index in [0.717, 1.165) is 10.0 Å². The van der Waals surface area contributed by atoms with E-state index < -0.39 is 5.82 Å². The average Bonchev–Trinajstić information content (AvgIpc) is 2.76. The van der Waals surface area contributed by atoms with Crippen LogP contribution in [0.2, 0.25) is 5.02 Å². The molecule has 96 valence electrons. The van der Waals surface area contributed by atoms with Crippen LogP contribution in [-0.2, 0) is 0 Å². The summed E-state index contributed by atoms with van der Waals surface area (Å²) in [6.45, 7) is 0. The van der Waals surface area contributed by atoms with Crippen molar-refractivity contribution >= 4 is 44.3 Å². The number of benzene rings is 2. The molecule has 1 aromatic heterocycles. The standard InChI is InChI=1S/C13H7BrClFN2O/c14-8-3-6(1-2-10(8)17)13-18-11-5-7(16)4-9(15)12(11)19-13/h1-5H,17H2. The fraction of sp³-hybridized carbons (Fsp3) is 0. The quantitative estimate of drug-likeness (QED) is 0.656. The first-order valence-electron chi connectivity index (χ1n) is 5.35. The van der Waals surface area contributed by atoms with Crippen LogP contribution in [0, 0.1) is 5.82 Å². The fourth-order valence-electron chi connectivity index (χ4n) is 1.74. The van der Waals surface area contributed by atoms with Gasteiger partial charge in [-0.1, -0.05) is 11.6 Å². The molecule has 0 spiro atoms. The van der Waals surface area contributed by atoms with E-state index in [1.807, 2.05) is 0 Å². The van der Waals surface area contributed by atoms with Gasteiger partial charge in [-0.05, 0) is 40.2 Å². The summed E-state index contributed by atoms with van der Waals surface area (Å²) in [7, 11) is 0. The second-order valence-corrected chi connectivity index (χ2v) is 5.25. The van der Waals surface area contributed by atoms with Crippen LogP contribution in [0.5, 0.6) is 0 Å². The van der Waals surface area contributed by atoms with Gasteiger partial charge in [-0.25, -0.2) is 9.37 Å². The highest BCUT2D eigenvalue weighted by atomic mass is 79.9. The van der Waals surface area contributed by atoms with Crippen LogP contribution in [0.25, 0.3) is 22.6 Å². The summed E-state index contributed by atoms with van der Waals surface area (Å²) < 4.78 is 19.5. The second kappa shape index (κ2) is 4.51. The Kier molecular flexibility index (Phi) is 2.95. The molecule has 2 aromatic carbocycles. The van der Waals surface area contributed by atoms with Crippen molar-refractivity contribution in [3.05, 3.63) is 45.6 Å². The molecule has 3 nitrogen and oxygen atoms in total. The minimum Gasteiger partial charge on any atom is -0.435 e. The van der Waals surface area contributed by atoms with Crippen LogP contribution in [0.15, 0.2) is 39.2 Å². The van der Waals surface area contributed by atoms with E-state index in [0.29, 0.717) is 22.7 Å². The van der Waals surface area contributed by atoms with Crippen molar-refractivity contribution in [1.29, 1.82) is 0 Å². The summed E-state index contributed by atoms with van der Waals surface area (Å²) in [5, 5.41) is 0.197. The van der Waals surface area contributed by atoms with Gasteiger partial charge in [0, 0.05) is 21.8 Å². The SMILES string of the molecule is Nc1ccc(-c2nc3cc(F)cc(Cl)c3o2)cc1Br. The predicted molar refractivity (Wildman–Crippen MR) is 76.5 cm³/mol. The van der Waals surface area contributed by atoms with Crippen LogP contribution < -0.4 is 5.73 Å². The number of aromatic nitrogens is 1. The third-order valence-corrected chi connectivity index (χ3v) is 3.62. The van der Waals surface area contributed by atoms with Crippen LogP contribution >= 0.6 is 27.5 Å². The Labute approximate surface area is 121 Å². The third-order valence-electron chi connectivity index (χ3n) is 2.66. The van der Waals surface area contributed by atoms with E-state index in [1.54, 1.807) is 18.2 Å². The summed E-state index contributed by atoms with van der Waals surface area (Å²) in [6.07, 6.45) is 0. The maximum absolute atomic E-state index is 13.2. The van der Waals surface area contributed by atoms with Crippen molar-refractivity contribution in [3.8, 4) is 11.5 Å². The summed E-state index contributed by atoms with van der Waals surface area (Å²) in [5.74, 6) is -0.0842. The van der Waals surface area contributed by atoms with Crippen molar-refractivity contribution < 1.29 is 8.81 Å². The van der Waals surface area contributed by atoms with E-state index in [2.05, 4.69) is 20.9 Å². The Bertz CT molecular complexity index is 788. The molecule has 0 saturated heterocycles. The van der Waals surface area contributed by atoms with Gasteiger partial charge in [0.2, 0.25) is 5.89 Å². The lowest BCUT2D eigenvalue weighted by Crippen LogP contribution is -1.86. The molecule has 1 heterocycles. The van der Waals surface area contributed by atoms with E-state index >= 15 is 0 Å². The van der Waals surface area contributed by atoms with E-state index in [1.165, 1.54) is 12.1 Å². The van der Waals surface area contributed by atoms with E-state index in [4.69, 9.17) is 21.8 Å². The largest absolute Gasteiger partial charge is 0.435 e. The molecule has 0 amide bonds. The highest BCUT2D eigenvalue weighted by Gasteiger charge is 2.13. The number of anilines is 1. The summed E-state index contributed by atoms with van der Waals surface area (Å²) in [4.78, 5) is 4.22. The first-order valence-corrected chi connectivity index (χ1v) is 6.52. The highest BCUT2D eigenvalue weighted by Crippen LogP contribution is 2.32. The minimum atomic E-state index is -0.448. The normalized spacial score (nSPS) is 11.1. The van der Waals surface area contributed by atoms with Crippen molar-refractivity contribution in [2.45, 2.75) is 0 Å². The summed E-state index contributed by atoms with van der Waals surface area (Å²) in [6, 6.07) is 7.76. The van der Waals surface area contributed by atoms with Crippen molar-refractivity contribution in [1.82, 2.24) is 4.98 Å². The number of oxazole rings is 1. The zero-order valence-electron chi connectivity index (χ0n) is 9.45. The maximum Gasteiger partial charge on any atom is 0.227 e. The van der Waals surface area contributed by atoms with Crippen LogP contribution in [0.4, 0.5) is 10.1 Å². The van der Waals surface area contributed by atoms with Gasteiger partial charge in [-0.3, -0.25) is 0 Å². The van der Waals surface area contributed by atoms with Crippen molar-refractivity contribution in [2.24, 2.45) is 0 Å². The zero-order chi connectivity index (χ0) is 13.6. The van der Waals surface area contributed by atoms with Gasteiger partial charge >= 0.3 is 0 Å². The molecule has 0 fully saturated rings. The van der Waals surface area contributed by atoms with Gasteiger partial charge in [-0.15, -0.1) is 0 Å². The first kappa shape index (κ1) is 12.4. The smallest absolute Gasteiger partial charge is 0.227 e. The number of hydrogen-bond acceptors (Lipinski definition) is 3. The van der Waals surface area contributed by atoms with Crippen LogP contribution in [0.1, 0.15) is 0 Å². The van der Waals surface area contributed by atoms with Gasteiger partial charge in [0.15, 0.2) is 5.58 Å². The number of halogens is 3. The van der Waals surface area contributed by atoms with E-state index in [9.17, 15) is 4.39 Å². The molecule has 0 radical (unpaired) electrons. The summed E-state index contributed by atoms with van der Waals surface area (Å²) >= 11 is 9.25. The molecule has 2 N–H and O–H groups in total. The second-order valence-electron chi connectivity index (χ2n) is 3.99. The lowest BCUT2D eigenvalue weighted by Gasteiger charge is -1.99. The van der Waals surface area contributed by atoms with Gasteiger partial charge < -0.3 is 10.2 Å². The highest BCUT2D eigenvalue weighted by molar-refractivity contribution is 9.10. The molecule has 19 heavy (non-hydrogen) atoms. The number of hydrogen-bond donors (Lipinski definition) is 1. The monoisotopic (exact) mass is 340 g/mol. The molecule has 3 rings (SSSR count). The topological polar surface area (TPSA) is 52.0 Å². The molecule has 0 saturated carbocycles. The van der Waals surface area contributed by atoms with Crippen LogP contribution in [-0.4, -0.2) is 4.98 Å². The number of nitrogens with zero attached hydrogens (tertiary/aromatic N) is 1. The Morgan fingerprint density at radius 2 is 2.05 bits per heavy atom. The summed E-state index contributed by atoms with van der Waals surface area (Å²) in [5.41, 5.74) is 7.81. The Balaban J connectivity index is 2.20.